The van der Waals surface area contributed by atoms with Crippen molar-refractivity contribution < 1.29 is 22.7 Å². The number of sulfonamides is 1. The molecule has 1 N–H and O–H groups in total. The molecule has 0 spiro atoms. The van der Waals surface area contributed by atoms with E-state index in [1.54, 1.807) is 30.3 Å². The predicted molar refractivity (Wildman–Crippen MR) is 104 cm³/mol. The molecule has 0 saturated carbocycles. The number of esters is 1. The molecular weight excluding hydrogens is 368 g/mol. The molecule has 0 heterocycles. The van der Waals surface area contributed by atoms with Gasteiger partial charge in [0.2, 0.25) is 15.9 Å². The van der Waals surface area contributed by atoms with Gasteiger partial charge in [-0.15, -0.1) is 0 Å². The van der Waals surface area contributed by atoms with Crippen LogP contribution in [0.4, 0.5) is 11.4 Å². The van der Waals surface area contributed by atoms with Crippen LogP contribution in [0.1, 0.15) is 22.8 Å². The Morgan fingerprint density at radius 3 is 2.44 bits per heavy atom. The van der Waals surface area contributed by atoms with Gasteiger partial charge in [-0.1, -0.05) is 31.2 Å². The first-order valence-electron chi connectivity index (χ1n) is 8.30. The van der Waals surface area contributed by atoms with Gasteiger partial charge in [0.15, 0.2) is 0 Å². The summed E-state index contributed by atoms with van der Waals surface area (Å²) in [6, 6.07) is 13.3. The fraction of sp³-hybridized carbons (Fsp3) is 0.263. The van der Waals surface area contributed by atoms with E-state index >= 15 is 0 Å². The lowest BCUT2D eigenvalue weighted by molar-refractivity contribution is -0.114. The molecule has 0 aromatic heterocycles. The third-order valence-corrected chi connectivity index (χ3v) is 5.02. The van der Waals surface area contributed by atoms with Crippen LogP contribution in [-0.4, -0.2) is 40.2 Å². The minimum atomic E-state index is -3.67. The third-order valence-electron chi connectivity index (χ3n) is 3.90. The Balaban J connectivity index is 2.24. The molecule has 7 nitrogen and oxygen atoms in total. The van der Waals surface area contributed by atoms with E-state index in [1.807, 2.05) is 19.1 Å². The number of amides is 1. The maximum atomic E-state index is 12.5. The summed E-state index contributed by atoms with van der Waals surface area (Å²) in [5.41, 5.74) is 1.95. The van der Waals surface area contributed by atoms with E-state index in [0.717, 1.165) is 16.1 Å². The standard InChI is InChI=1S/C19H22N2O5S/c1-4-14-8-5-6-11-17(14)21(27(3,24)25)13-18(22)20-16-10-7-9-15(12-16)19(23)26-2/h5-12H,4,13H2,1-3H3,(H,20,22). The van der Waals surface area contributed by atoms with Crippen molar-refractivity contribution in [3.63, 3.8) is 0 Å². The van der Waals surface area contributed by atoms with E-state index in [-0.39, 0.29) is 12.1 Å². The zero-order chi connectivity index (χ0) is 20.0. The first-order valence-corrected chi connectivity index (χ1v) is 10.1. The van der Waals surface area contributed by atoms with Gasteiger partial charge in [0.1, 0.15) is 6.54 Å². The Labute approximate surface area is 159 Å². The molecule has 0 bridgehead atoms. The normalized spacial score (nSPS) is 10.9. The number of nitrogens with one attached hydrogen (secondary N) is 1. The van der Waals surface area contributed by atoms with E-state index in [1.165, 1.54) is 13.2 Å². The minimum Gasteiger partial charge on any atom is -0.465 e. The first-order chi connectivity index (χ1) is 12.8. The summed E-state index contributed by atoms with van der Waals surface area (Å²) in [7, 11) is -2.40. The van der Waals surface area contributed by atoms with Gasteiger partial charge in [-0.2, -0.15) is 0 Å². The number of hydrogen-bond donors (Lipinski definition) is 1. The number of nitrogens with zero attached hydrogens (tertiary/aromatic N) is 1. The van der Waals surface area contributed by atoms with Crippen LogP contribution < -0.4 is 9.62 Å². The second-order valence-corrected chi connectivity index (χ2v) is 7.78. The fourth-order valence-electron chi connectivity index (χ4n) is 2.61. The number of ether oxygens (including phenoxy) is 1. The zero-order valence-corrected chi connectivity index (χ0v) is 16.2. The molecule has 0 radical (unpaired) electrons. The first kappa shape index (κ1) is 20.4. The second-order valence-electron chi connectivity index (χ2n) is 5.87. The van der Waals surface area contributed by atoms with Gasteiger partial charge in [-0.05, 0) is 36.2 Å². The van der Waals surface area contributed by atoms with Crippen LogP contribution in [0.25, 0.3) is 0 Å². The highest BCUT2D eigenvalue weighted by atomic mass is 32.2. The zero-order valence-electron chi connectivity index (χ0n) is 15.4. The van der Waals surface area contributed by atoms with Crippen LogP contribution >= 0.6 is 0 Å². The number of methoxy groups -OCH3 is 1. The quantitative estimate of drug-likeness (QED) is 0.733. The molecule has 2 aromatic carbocycles. The van der Waals surface area contributed by atoms with Crippen molar-refractivity contribution >= 4 is 33.3 Å². The molecule has 144 valence electrons. The van der Waals surface area contributed by atoms with E-state index in [2.05, 4.69) is 10.1 Å². The summed E-state index contributed by atoms with van der Waals surface area (Å²) in [5, 5.41) is 2.62. The van der Waals surface area contributed by atoms with Crippen molar-refractivity contribution in [3.05, 3.63) is 59.7 Å². The summed E-state index contributed by atoms with van der Waals surface area (Å²) < 4.78 is 30.2. The maximum Gasteiger partial charge on any atom is 0.337 e. The molecule has 0 saturated heterocycles. The molecular formula is C19H22N2O5S. The maximum absolute atomic E-state index is 12.5. The molecule has 0 aliphatic heterocycles. The smallest absolute Gasteiger partial charge is 0.337 e. The van der Waals surface area contributed by atoms with Gasteiger partial charge < -0.3 is 10.1 Å². The van der Waals surface area contributed by atoms with Gasteiger partial charge in [0, 0.05) is 5.69 Å². The van der Waals surface area contributed by atoms with Crippen molar-refractivity contribution in [2.75, 3.05) is 29.5 Å². The lowest BCUT2D eigenvalue weighted by Crippen LogP contribution is -2.38. The van der Waals surface area contributed by atoms with E-state index < -0.39 is 21.9 Å². The summed E-state index contributed by atoms with van der Waals surface area (Å²) >= 11 is 0. The lowest BCUT2D eigenvalue weighted by atomic mass is 10.1. The van der Waals surface area contributed by atoms with Crippen molar-refractivity contribution in [1.29, 1.82) is 0 Å². The van der Waals surface area contributed by atoms with Crippen LogP contribution in [0.3, 0.4) is 0 Å². The second kappa shape index (κ2) is 8.68. The Morgan fingerprint density at radius 2 is 1.81 bits per heavy atom. The largest absolute Gasteiger partial charge is 0.465 e. The number of benzene rings is 2. The van der Waals surface area contributed by atoms with Gasteiger partial charge in [0.25, 0.3) is 0 Å². The minimum absolute atomic E-state index is 0.284. The van der Waals surface area contributed by atoms with Crippen LogP contribution in [-0.2, 0) is 26.0 Å². The van der Waals surface area contributed by atoms with Gasteiger partial charge in [0.05, 0.1) is 24.6 Å². The summed E-state index contributed by atoms with van der Waals surface area (Å²) in [6.45, 7) is 1.54. The number of para-hydroxylation sites is 1. The van der Waals surface area contributed by atoms with E-state index in [0.29, 0.717) is 17.8 Å². The molecule has 27 heavy (non-hydrogen) atoms. The highest BCUT2D eigenvalue weighted by Crippen LogP contribution is 2.23. The number of rotatable bonds is 7. The molecule has 2 rings (SSSR count). The molecule has 8 heteroatoms. The molecule has 0 atom stereocenters. The highest BCUT2D eigenvalue weighted by molar-refractivity contribution is 7.92. The summed E-state index contributed by atoms with van der Waals surface area (Å²) in [4.78, 5) is 24.1. The Kier molecular flexibility index (Phi) is 6.57. The van der Waals surface area contributed by atoms with Crippen molar-refractivity contribution in [1.82, 2.24) is 0 Å². The van der Waals surface area contributed by atoms with E-state index in [4.69, 9.17) is 0 Å². The van der Waals surface area contributed by atoms with Crippen LogP contribution in [0.15, 0.2) is 48.5 Å². The van der Waals surface area contributed by atoms with Crippen molar-refractivity contribution in [2.45, 2.75) is 13.3 Å². The predicted octanol–water partition coefficient (Wildman–Crippen LogP) is 2.44. The van der Waals surface area contributed by atoms with Crippen LogP contribution in [0.2, 0.25) is 0 Å². The third kappa shape index (κ3) is 5.30. The Morgan fingerprint density at radius 1 is 1.11 bits per heavy atom. The number of hydrogen-bond acceptors (Lipinski definition) is 5. The average molecular weight is 390 g/mol. The molecule has 2 aromatic rings. The Bertz CT molecular complexity index is 941. The van der Waals surface area contributed by atoms with E-state index in [9.17, 15) is 18.0 Å². The average Bonchev–Trinajstić information content (AvgIpc) is 2.64. The number of carbonyl (C=O) groups excluding carboxylic acids is 2. The number of carbonyl (C=O) groups is 2. The highest BCUT2D eigenvalue weighted by Gasteiger charge is 2.23. The van der Waals surface area contributed by atoms with Crippen LogP contribution in [0.5, 0.6) is 0 Å². The monoisotopic (exact) mass is 390 g/mol. The van der Waals surface area contributed by atoms with Gasteiger partial charge in [-0.3, -0.25) is 9.10 Å². The van der Waals surface area contributed by atoms with Gasteiger partial charge >= 0.3 is 5.97 Å². The molecule has 0 aliphatic rings. The molecule has 0 fully saturated rings. The van der Waals surface area contributed by atoms with Gasteiger partial charge in [-0.25, -0.2) is 13.2 Å². The molecule has 0 aliphatic carbocycles. The number of aryl methyl sites for hydroxylation is 1. The van der Waals surface area contributed by atoms with Crippen molar-refractivity contribution in [3.8, 4) is 0 Å². The lowest BCUT2D eigenvalue weighted by Gasteiger charge is -2.24. The summed E-state index contributed by atoms with van der Waals surface area (Å²) in [5.74, 6) is -1.05. The SMILES string of the molecule is CCc1ccccc1N(CC(=O)Nc1cccc(C(=O)OC)c1)S(C)(=O)=O. The molecule has 0 unspecified atom stereocenters. The fourth-order valence-corrected chi connectivity index (χ4v) is 3.49. The molecule has 1 amide bonds. The number of anilines is 2. The topological polar surface area (TPSA) is 92.8 Å². The Hall–Kier alpha value is -2.87. The summed E-state index contributed by atoms with van der Waals surface area (Å²) in [6.07, 6.45) is 1.69. The van der Waals surface area contributed by atoms with Crippen molar-refractivity contribution in [2.24, 2.45) is 0 Å². The van der Waals surface area contributed by atoms with Crippen LogP contribution in [0, 0.1) is 0 Å².